The zero-order chi connectivity index (χ0) is 14.4. The van der Waals surface area contributed by atoms with E-state index in [9.17, 15) is 8.42 Å². The SMILES string of the molecule is CCCCS(=O)(=O)CCc1cccc(OC2CCC2)c1. The van der Waals surface area contributed by atoms with Gasteiger partial charge in [-0.05, 0) is 49.8 Å². The van der Waals surface area contributed by atoms with Gasteiger partial charge in [0, 0.05) is 0 Å². The molecular formula is C16H24O3S. The summed E-state index contributed by atoms with van der Waals surface area (Å²) in [7, 11) is -2.91. The van der Waals surface area contributed by atoms with Crippen LogP contribution < -0.4 is 4.74 Å². The first-order chi connectivity index (χ1) is 9.59. The van der Waals surface area contributed by atoms with Gasteiger partial charge in [0.25, 0.3) is 0 Å². The van der Waals surface area contributed by atoms with Crippen molar-refractivity contribution >= 4 is 9.84 Å². The van der Waals surface area contributed by atoms with Crippen molar-refractivity contribution in [1.82, 2.24) is 0 Å². The molecule has 1 aliphatic carbocycles. The molecule has 112 valence electrons. The fraction of sp³-hybridized carbons (Fsp3) is 0.625. The van der Waals surface area contributed by atoms with E-state index in [1.165, 1.54) is 6.42 Å². The summed E-state index contributed by atoms with van der Waals surface area (Å²) in [5.74, 6) is 1.42. The van der Waals surface area contributed by atoms with E-state index in [2.05, 4.69) is 0 Å². The second-order valence-electron chi connectivity index (χ2n) is 5.57. The van der Waals surface area contributed by atoms with Crippen molar-refractivity contribution in [2.75, 3.05) is 11.5 Å². The van der Waals surface area contributed by atoms with Crippen LogP contribution in [0.15, 0.2) is 24.3 Å². The molecule has 0 aliphatic heterocycles. The molecule has 0 spiro atoms. The average Bonchev–Trinajstić information content (AvgIpc) is 2.39. The Morgan fingerprint density at radius 3 is 2.70 bits per heavy atom. The van der Waals surface area contributed by atoms with Gasteiger partial charge in [0.15, 0.2) is 9.84 Å². The van der Waals surface area contributed by atoms with Crippen molar-refractivity contribution in [2.45, 2.75) is 51.6 Å². The number of hydrogen-bond acceptors (Lipinski definition) is 3. The summed E-state index contributed by atoms with van der Waals surface area (Å²) in [5.41, 5.74) is 1.04. The standard InChI is InChI=1S/C16H24O3S/c1-2-3-11-20(17,18)12-10-14-6-4-9-16(13-14)19-15-7-5-8-15/h4,6,9,13,15H,2-3,5,7-8,10-12H2,1H3. The highest BCUT2D eigenvalue weighted by Gasteiger charge is 2.19. The van der Waals surface area contributed by atoms with Crippen LogP contribution in [0.25, 0.3) is 0 Å². The Kier molecular flexibility index (Phi) is 5.46. The van der Waals surface area contributed by atoms with Gasteiger partial charge in [0.1, 0.15) is 5.75 Å². The molecule has 1 aliphatic rings. The number of rotatable bonds is 8. The highest BCUT2D eigenvalue weighted by atomic mass is 32.2. The maximum absolute atomic E-state index is 11.8. The van der Waals surface area contributed by atoms with Crippen molar-refractivity contribution in [3.8, 4) is 5.75 Å². The molecule has 4 heteroatoms. The van der Waals surface area contributed by atoms with Crippen molar-refractivity contribution in [3.05, 3.63) is 29.8 Å². The summed E-state index contributed by atoms with van der Waals surface area (Å²) in [4.78, 5) is 0. The van der Waals surface area contributed by atoms with E-state index in [-0.39, 0.29) is 5.75 Å². The van der Waals surface area contributed by atoms with Crippen LogP contribution in [0.3, 0.4) is 0 Å². The average molecular weight is 296 g/mol. The van der Waals surface area contributed by atoms with Crippen LogP contribution >= 0.6 is 0 Å². The number of sulfone groups is 1. The van der Waals surface area contributed by atoms with Gasteiger partial charge in [-0.15, -0.1) is 0 Å². The fourth-order valence-electron chi connectivity index (χ4n) is 2.20. The normalized spacial score (nSPS) is 15.8. The number of hydrogen-bond donors (Lipinski definition) is 0. The minimum absolute atomic E-state index is 0.236. The predicted molar refractivity (Wildman–Crippen MR) is 82.0 cm³/mol. The third-order valence-electron chi connectivity index (χ3n) is 3.76. The van der Waals surface area contributed by atoms with E-state index >= 15 is 0 Å². The largest absolute Gasteiger partial charge is 0.490 e. The van der Waals surface area contributed by atoms with Crippen LogP contribution in [0.5, 0.6) is 5.75 Å². The minimum Gasteiger partial charge on any atom is -0.490 e. The zero-order valence-electron chi connectivity index (χ0n) is 12.2. The van der Waals surface area contributed by atoms with E-state index < -0.39 is 9.84 Å². The molecule has 0 amide bonds. The van der Waals surface area contributed by atoms with Crippen LogP contribution in [0.2, 0.25) is 0 Å². The van der Waals surface area contributed by atoms with Gasteiger partial charge in [-0.3, -0.25) is 0 Å². The summed E-state index contributed by atoms with van der Waals surface area (Å²) in [6.45, 7) is 2.01. The summed E-state index contributed by atoms with van der Waals surface area (Å²) in [5, 5.41) is 0. The molecular weight excluding hydrogens is 272 g/mol. The zero-order valence-corrected chi connectivity index (χ0v) is 13.0. The number of ether oxygens (including phenoxy) is 1. The summed E-state index contributed by atoms with van der Waals surface area (Å²) >= 11 is 0. The molecule has 3 nitrogen and oxygen atoms in total. The van der Waals surface area contributed by atoms with Gasteiger partial charge in [-0.25, -0.2) is 8.42 Å². The van der Waals surface area contributed by atoms with Crippen molar-refractivity contribution < 1.29 is 13.2 Å². The quantitative estimate of drug-likeness (QED) is 0.738. The third-order valence-corrected chi connectivity index (χ3v) is 5.50. The second kappa shape index (κ2) is 7.11. The van der Waals surface area contributed by atoms with Crippen LogP contribution in [-0.2, 0) is 16.3 Å². The van der Waals surface area contributed by atoms with Gasteiger partial charge < -0.3 is 4.74 Å². The predicted octanol–water partition coefficient (Wildman–Crippen LogP) is 3.38. The van der Waals surface area contributed by atoms with E-state index in [0.717, 1.165) is 37.0 Å². The van der Waals surface area contributed by atoms with E-state index in [1.54, 1.807) is 0 Å². The van der Waals surface area contributed by atoms with Crippen LogP contribution in [0.4, 0.5) is 0 Å². The van der Waals surface area contributed by atoms with Crippen molar-refractivity contribution in [2.24, 2.45) is 0 Å². The topological polar surface area (TPSA) is 43.4 Å². The van der Waals surface area contributed by atoms with Crippen LogP contribution in [0, 0.1) is 0 Å². The summed E-state index contributed by atoms with van der Waals surface area (Å²) < 4.78 is 29.5. The Balaban J connectivity index is 1.87. The maximum atomic E-state index is 11.8. The lowest BCUT2D eigenvalue weighted by molar-refractivity contribution is 0.120. The molecule has 0 N–H and O–H groups in total. The van der Waals surface area contributed by atoms with Crippen molar-refractivity contribution in [1.29, 1.82) is 0 Å². The minimum atomic E-state index is -2.91. The summed E-state index contributed by atoms with van der Waals surface area (Å²) in [6.07, 6.45) is 6.13. The smallest absolute Gasteiger partial charge is 0.150 e. The lowest BCUT2D eigenvalue weighted by atomic mass is 9.96. The van der Waals surface area contributed by atoms with Gasteiger partial charge in [-0.2, -0.15) is 0 Å². The molecule has 2 rings (SSSR count). The first-order valence-electron chi connectivity index (χ1n) is 7.55. The molecule has 1 aromatic carbocycles. The first kappa shape index (κ1) is 15.4. The molecule has 0 saturated heterocycles. The Bertz CT molecular complexity index is 518. The maximum Gasteiger partial charge on any atom is 0.150 e. The number of aryl methyl sites for hydroxylation is 1. The van der Waals surface area contributed by atoms with E-state index in [0.29, 0.717) is 18.3 Å². The number of unbranched alkanes of at least 4 members (excludes halogenated alkanes) is 1. The molecule has 20 heavy (non-hydrogen) atoms. The fourth-order valence-corrected chi connectivity index (χ4v) is 3.67. The molecule has 1 aromatic rings. The Morgan fingerprint density at radius 2 is 2.05 bits per heavy atom. The lowest BCUT2D eigenvalue weighted by Crippen LogP contribution is -2.24. The van der Waals surface area contributed by atoms with E-state index in [4.69, 9.17) is 4.74 Å². The van der Waals surface area contributed by atoms with Gasteiger partial charge >= 0.3 is 0 Å². The van der Waals surface area contributed by atoms with Crippen LogP contribution in [0.1, 0.15) is 44.6 Å². The third kappa shape index (κ3) is 4.82. The molecule has 0 heterocycles. The highest BCUT2D eigenvalue weighted by molar-refractivity contribution is 7.91. The van der Waals surface area contributed by atoms with Crippen LogP contribution in [-0.4, -0.2) is 26.0 Å². The molecule has 1 saturated carbocycles. The van der Waals surface area contributed by atoms with Gasteiger partial charge in [0.05, 0.1) is 17.6 Å². The van der Waals surface area contributed by atoms with Gasteiger partial charge in [0.2, 0.25) is 0 Å². The molecule has 0 radical (unpaired) electrons. The Labute approximate surface area is 122 Å². The molecule has 0 bridgehead atoms. The number of benzene rings is 1. The highest BCUT2D eigenvalue weighted by Crippen LogP contribution is 2.25. The Morgan fingerprint density at radius 1 is 1.25 bits per heavy atom. The van der Waals surface area contributed by atoms with E-state index in [1.807, 2.05) is 31.2 Å². The second-order valence-corrected chi connectivity index (χ2v) is 7.88. The Hall–Kier alpha value is -1.03. The van der Waals surface area contributed by atoms with Gasteiger partial charge in [-0.1, -0.05) is 25.5 Å². The molecule has 1 fully saturated rings. The summed E-state index contributed by atoms with van der Waals surface area (Å²) in [6, 6.07) is 7.85. The lowest BCUT2D eigenvalue weighted by Gasteiger charge is -2.26. The molecule has 0 atom stereocenters. The molecule has 0 aromatic heterocycles. The molecule has 0 unspecified atom stereocenters. The monoisotopic (exact) mass is 296 g/mol. The first-order valence-corrected chi connectivity index (χ1v) is 9.37. The van der Waals surface area contributed by atoms with Crippen molar-refractivity contribution in [3.63, 3.8) is 0 Å².